The van der Waals surface area contributed by atoms with Gasteiger partial charge in [0.2, 0.25) is 5.91 Å². The molecule has 0 aliphatic rings. The molecule has 0 fully saturated rings. The SMILES string of the molecule is CCOc1ccccc1C(=O)NCC(=O)NC(C(=O)O)c1ccc(F)c(C)c1. The second-order valence-corrected chi connectivity index (χ2v) is 5.96. The summed E-state index contributed by atoms with van der Waals surface area (Å²) in [6.07, 6.45) is 0. The Kier molecular flexibility index (Phi) is 7.08. The molecule has 8 heteroatoms. The maximum absolute atomic E-state index is 13.4. The fourth-order valence-electron chi connectivity index (χ4n) is 2.54. The highest BCUT2D eigenvalue weighted by Gasteiger charge is 2.23. The van der Waals surface area contributed by atoms with Gasteiger partial charge in [0.15, 0.2) is 6.04 Å². The zero-order valence-corrected chi connectivity index (χ0v) is 15.5. The number of carboxylic acids is 1. The molecule has 2 rings (SSSR count). The monoisotopic (exact) mass is 388 g/mol. The molecule has 0 spiro atoms. The summed E-state index contributed by atoms with van der Waals surface area (Å²) in [7, 11) is 0. The van der Waals surface area contributed by atoms with Crippen molar-refractivity contribution in [1.82, 2.24) is 10.6 Å². The minimum Gasteiger partial charge on any atom is -0.493 e. The number of hydrogen-bond acceptors (Lipinski definition) is 4. The maximum Gasteiger partial charge on any atom is 0.330 e. The summed E-state index contributed by atoms with van der Waals surface area (Å²) < 4.78 is 18.8. The molecule has 2 aromatic rings. The number of benzene rings is 2. The topological polar surface area (TPSA) is 105 Å². The van der Waals surface area contributed by atoms with Crippen molar-refractivity contribution in [3.05, 3.63) is 65.0 Å². The Labute approximate surface area is 161 Å². The Morgan fingerprint density at radius 3 is 2.54 bits per heavy atom. The average molecular weight is 388 g/mol. The molecule has 0 heterocycles. The van der Waals surface area contributed by atoms with E-state index in [0.717, 1.165) is 6.07 Å². The van der Waals surface area contributed by atoms with Crippen LogP contribution in [0.1, 0.15) is 34.5 Å². The smallest absolute Gasteiger partial charge is 0.330 e. The fraction of sp³-hybridized carbons (Fsp3) is 0.250. The third kappa shape index (κ3) is 5.29. The molecule has 0 saturated heterocycles. The first kappa shape index (κ1) is 20.9. The van der Waals surface area contributed by atoms with Crippen molar-refractivity contribution in [3.63, 3.8) is 0 Å². The second-order valence-electron chi connectivity index (χ2n) is 5.96. The van der Waals surface area contributed by atoms with E-state index in [1.54, 1.807) is 31.2 Å². The van der Waals surface area contributed by atoms with E-state index in [9.17, 15) is 23.9 Å². The third-order valence-corrected chi connectivity index (χ3v) is 3.91. The van der Waals surface area contributed by atoms with E-state index in [-0.39, 0.29) is 16.7 Å². The van der Waals surface area contributed by atoms with Crippen LogP contribution < -0.4 is 15.4 Å². The molecule has 0 bridgehead atoms. The van der Waals surface area contributed by atoms with Crippen molar-refractivity contribution < 1.29 is 28.6 Å². The summed E-state index contributed by atoms with van der Waals surface area (Å²) in [6, 6.07) is 8.99. The summed E-state index contributed by atoms with van der Waals surface area (Å²) >= 11 is 0. The van der Waals surface area contributed by atoms with Gasteiger partial charge in [0, 0.05) is 0 Å². The number of rotatable bonds is 8. The molecule has 1 atom stereocenters. The molecule has 3 N–H and O–H groups in total. The van der Waals surface area contributed by atoms with Crippen molar-refractivity contribution >= 4 is 17.8 Å². The minimum absolute atomic E-state index is 0.229. The van der Waals surface area contributed by atoms with E-state index in [2.05, 4.69) is 10.6 Å². The Balaban J connectivity index is 2.02. The summed E-state index contributed by atoms with van der Waals surface area (Å²) in [5, 5.41) is 14.1. The van der Waals surface area contributed by atoms with Crippen molar-refractivity contribution in [3.8, 4) is 5.75 Å². The molecule has 0 aliphatic heterocycles. The largest absolute Gasteiger partial charge is 0.493 e. The molecule has 0 saturated carbocycles. The number of carbonyl (C=O) groups is 3. The zero-order chi connectivity index (χ0) is 20.7. The first-order valence-electron chi connectivity index (χ1n) is 8.61. The number of aliphatic carboxylic acids is 1. The van der Waals surface area contributed by atoms with Gasteiger partial charge in [-0.25, -0.2) is 9.18 Å². The van der Waals surface area contributed by atoms with Gasteiger partial charge in [0.25, 0.3) is 5.91 Å². The third-order valence-electron chi connectivity index (χ3n) is 3.91. The van der Waals surface area contributed by atoms with Crippen LogP contribution in [0, 0.1) is 12.7 Å². The van der Waals surface area contributed by atoms with Gasteiger partial charge >= 0.3 is 5.97 Å². The first-order valence-corrected chi connectivity index (χ1v) is 8.61. The van der Waals surface area contributed by atoms with Gasteiger partial charge in [0.05, 0.1) is 18.7 Å². The lowest BCUT2D eigenvalue weighted by Gasteiger charge is -2.16. The van der Waals surface area contributed by atoms with Gasteiger partial charge < -0.3 is 20.5 Å². The van der Waals surface area contributed by atoms with E-state index in [4.69, 9.17) is 4.74 Å². The maximum atomic E-state index is 13.4. The average Bonchev–Trinajstić information content (AvgIpc) is 2.67. The van der Waals surface area contributed by atoms with Gasteiger partial charge in [-0.2, -0.15) is 0 Å². The molecule has 0 aromatic heterocycles. The summed E-state index contributed by atoms with van der Waals surface area (Å²) in [6.45, 7) is 3.23. The number of ether oxygens (including phenoxy) is 1. The molecular weight excluding hydrogens is 367 g/mol. The molecule has 0 radical (unpaired) electrons. The number of hydrogen-bond donors (Lipinski definition) is 3. The van der Waals surface area contributed by atoms with E-state index < -0.39 is 36.2 Å². The number of carbonyl (C=O) groups excluding carboxylic acids is 2. The first-order chi connectivity index (χ1) is 13.3. The Hall–Kier alpha value is -3.42. The zero-order valence-electron chi connectivity index (χ0n) is 15.5. The molecule has 148 valence electrons. The molecule has 28 heavy (non-hydrogen) atoms. The highest BCUT2D eigenvalue weighted by atomic mass is 19.1. The van der Waals surface area contributed by atoms with E-state index in [1.807, 2.05) is 0 Å². The van der Waals surface area contributed by atoms with E-state index in [1.165, 1.54) is 19.1 Å². The molecule has 2 amide bonds. The van der Waals surface area contributed by atoms with Gasteiger partial charge in [-0.3, -0.25) is 9.59 Å². The van der Waals surface area contributed by atoms with Crippen molar-refractivity contribution in [1.29, 1.82) is 0 Å². The summed E-state index contributed by atoms with van der Waals surface area (Å²) in [5.74, 6) is -2.61. The summed E-state index contributed by atoms with van der Waals surface area (Å²) in [5.41, 5.74) is 0.757. The number of nitrogens with one attached hydrogen (secondary N) is 2. The lowest BCUT2D eigenvalue weighted by Crippen LogP contribution is -2.41. The van der Waals surface area contributed by atoms with E-state index >= 15 is 0 Å². The molecule has 1 unspecified atom stereocenters. The van der Waals surface area contributed by atoms with Crippen LogP contribution in [-0.4, -0.2) is 36.0 Å². The van der Waals surface area contributed by atoms with Crippen LogP contribution in [0.4, 0.5) is 4.39 Å². The predicted molar refractivity (Wildman–Crippen MR) is 99.6 cm³/mol. The van der Waals surface area contributed by atoms with Crippen molar-refractivity contribution in [2.45, 2.75) is 19.9 Å². The number of halogens is 1. The van der Waals surface area contributed by atoms with Crippen LogP contribution in [0.15, 0.2) is 42.5 Å². The van der Waals surface area contributed by atoms with Crippen molar-refractivity contribution in [2.75, 3.05) is 13.2 Å². The molecule has 7 nitrogen and oxygen atoms in total. The summed E-state index contributed by atoms with van der Waals surface area (Å²) in [4.78, 5) is 35.9. The number of carboxylic acid groups (broad SMARTS) is 1. The van der Waals surface area contributed by atoms with Crippen molar-refractivity contribution in [2.24, 2.45) is 0 Å². The van der Waals surface area contributed by atoms with Crippen LogP contribution >= 0.6 is 0 Å². The molecule has 2 aromatic carbocycles. The van der Waals surface area contributed by atoms with Crippen LogP contribution in [0.25, 0.3) is 0 Å². The van der Waals surface area contributed by atoms with Crippen LogP contribution in [0.3, 0.4) is 0 Å². The number of amides is 2. The predicted octanol–water partition coefficient (Wildman–Crippen LogP) is 2.20. The lowest BCUT2D eigenvalue weighted by molar-refractivity contribution is -0.141. The molecular formula is C20H21FN2O5. The normalized spacial score (nSPS) is 11.4. The van der Waals surface area contributed by atoms with Crippen LogP contribution in [-0.2, 0) is 9.59 Å². The lowest BCUT2D eigenvalue weighted by atomic mass is 10.0. The number of para-hydroxylation sites is 1. The Morgan fingerprint density at radius 2 is 1.89 bits per heavy atom. The number of aryl methyl sites for hydroxylation is 1. The fourth-order valence-corrected chi connectivity index (χ4v) is 2.54. The van der Waals surface area contributed by atoms with Gasteiger partial charge in [-0.05, 0) is 43.2 Å². The van der Waals surface area contributed by atoms with Crippen LogP contribution in [0.2, 0.25) is 0 Å². The van der Waals surface area contributed by atoms with Crippen LogP contribution in [0.5, 0.6) is 5.75 Å². The van der Waals surface area contributed by atoms with Gasteiger partial charge in [-0.1, -0.05) is 24.3 Å². The minimum atomic E-state index is -1.36. The standard InChI is InChI=1S/C20H21FN2O5/c1-3-28-16-7-5-4-6-14(16)19(25)22-11-17(24)23-18(20(26)27)13-8-9-15(21)12(2)10-13/h4-10,18H,3,11H2,1-2H3,(H,22,25)(H,23,24)(H,26,27). The highest BCUT2D eigenvalue weighted by molar-refractivity contribution is 5.99. The van der Waals surface area contributed by atoms with Gasteiger partial charge in [-0.15, -0.1) is 0 Å². The van der Waals surface area contributed by atoms with E-state index in [0.29, 0.717) is 12.4 Å². The van der Waals surface area contributed by atoms with Gasteiger partial charge in [0.1, 0.15) is 11.6 Å². The Bertz CT molecular complexity index is 885. The second kappa shape index (κ2) is 9.50. The Morgan fingerprint density at radius 1 is 1.18 bits per heavy atom. The quantitative estimate of drug-likeness (QED) is 0.643. The molecule has 0 aliphatic carbocycles. The highest BCUT2D eigenvalue weighted by Crippen LogP contribution is 2.18.